The van der Waals surface area contributed by atoms with Gasteiger partial charge >= 0.3 is 0 Å². The monoisotopic (exact) mass is 259 g/mol. The van der Waals surface area contributed by atoms with Crippen molar-refractivity contribution in [3.63, 3.8) is 0 Å². The van der Waals surface area contributed by atoms with Crippen LogP contribution in [0.25, 0.3) is 0 Å². The zero-order chi connectivity index (χ0) is 13.2. The molecular weight excluding hydrogens is 238 g/mol. The second kappa shape index (κ2) is 5.21. The molecule has 0 aromatic heterocycles. The molecule has 0 unspecified atom stereocenters. The highest BCUT2D eigenvalue weighted by molar-refractivity contribution is 5.94. The van der Waals surface area contributed by atoms with Crippen LogP contribution in [0.15, 0.2) is 18.2 Å². The lowest BCUT2D eigenvalue weighted by atomic mass is 10.1. The molecule has 1 aromatic carbocycles. The topological polar surface area (TPSA) is 35.6 Å². The Labute approximate surface area is 114 Å². The Morgan fingerprint density at radius 2 is 1.95 bits per heavy atom. The van der Waals surface area contributed by atoms with Gasteiger partial charge in [-0.3, -0.25) is 4.79 Å². The first kappa shape index (κ1) is 12.5. The molecule has 4 nitrogen and oxygen atoms in total. The van der Waals surface area contributed by atoms with Gasteiger partial charge in [0.25, 0.3) is 0 Å². The van der Waals surface area contributed by atoms with Crippen LogP contribution in [0.4, 0.5) is 11.4 Å². The van der Waals surface area contributed by atoms with E-state index in [1.54, 1.807) is 0 Å². The molecule has 4 heteroatoms. The van der Waals surface area contributed by atoms with Crippen LogP contribution in [0.5, 0.6) is 0 Å². The highest BCUT2D eigenvalue weighted by Gasteiger charge is 2.20. The normalized spacial score (nSPS) is 20.2. The molecule has 1 saturated heterocycles. The van der Waals surface area contributed by atoms with E-state index in [0.29, 0.717) is 6.42 Å². The lowest BCUT2D eigenvalue weighted by Crippen LogP contribution is -2.43. The number of aryl methyl sites for hydroxylation is 1. The quantitative estimate of drug-likeness (QED) is 0.828. The summed E-state index contributed by atoms with van der Waals surface area (Å²) < 4.78 is 0. The maximum atomic E-state index is 11.9. The van der Waals surface area contributed by atoms with Crippen molar-refractivity contribution in [3.05, 3.63) is 23.8 Å². The zero-order valence-corrected chi connectivity index (χ0v) is 11.5. The van der Waals surface area contributed by atoms with Crippen molar-refractivity contribution >= 4 is 17.3 Å². The molecule has 0 saturated carbocycles. The fourth-order valence-electron chi connectivity index (χ4n) is 2.95. The average Bonchev–Trinajstić information content (AvgIpc) is 2.60. The summed E-state index contributed by atoms with van der Waals surface area (Å²) in [4.78, 5) is 16.1. The smallest absolute Gasteiger partial charge is 0.226 e. The number of carbonyl (C=O) groups excluding carboxylic acids is 1. The Hall–Kier alpha value is -1.55. The van der Waals surface area contributed by atoms with Crippen LogP contribution in [0.3, 0.4) is 0 Å². The Kier molecular flexibility index (Phi) is 3.42. The molecule has 0 atom stereocenters. The first-order valence-electron chi connectivity index (χ1n) is 7.11. The van der Waals surface area contributed by atoms with Gasteiger partial charge in [-0.15, -0.1) is 0 Å². The van der Waals surface area contributed by atoms with Crippen molar-refractivity contribution < 1.29 is 4.79 Å². The van der Waals surface area contributed by atoms with Crippen molar-refractivity contribution in [2.24, 2.45) is 0 Å². The molecule has 1 aromatic rings. The van der Waals surface area contributed by atoms with Crippen LogP contribution in [0.2, 0.25) is 0 Å². The SMILES string of the molecule is CN1C(=O)CCCc2cc(N3CCNCC3)ccc21. The van der Waals surface area contributed by atoms with Gasteiger partial charge in [-0.25, -0.2) is 0 Å². The molecule has 1 fully saturated rings. The molecule has 19 heavy (non-hydrogen) atoms. The lowest BCUT2D eigenvalue weighted by Gasteiger charge is -2.30. The van der Waals surface area contributed by atoms with E-state index in [-0.39, 0.29) is 5.91 Å². The highest BCUT2D eigenvalue weighted by atomic mass is 16.2. The third-order valence-corrected chi connectivity index (χ3v) is 4.12. The van der Waals surface area contributed by atoms with Crippen LogP contribution < -0.4 is 15.1 Å². The van der Waals surface area contributed by atoms with Crippen LogP contribution in [0, 0.1) is 0 Å². The maximum absolute atomic E-state index is 11.9. The van der Waals surface area contributed by atoms with E-state index in [1.165, 1.54) is 11.3 Å². The molecule has 0 aliphatic carbocycles. The van der Waals surface area contributed by atoms with Gasteiger partial charge in [-0.2, -0.15) is 0 Å². The minimum absolute atomic E-state index is 0.230. The van der Waals surface area contributed by atoms with Crippen molar-refractivity contribution in [1.82, 2.24) is 5.32 Å². The minimum atomic E-state index is 0.230. The van der Waals surface area contributed by atoms with Gasteiger partial charge in [0.05, 0.1) is 0 Å². The summed E-state index contributed by atoms with van der Waals surface area (Å²) in [7, 11) is 1.89. The number of amides is 1. The predicted molar refractivity (Wildman–Crippen MR) is 77.9 cm³/mol. The number of hydrogen-bond acceptors (Lipinski definition) is 3. The maximum Gasteiger partial charge on any atom is 0.226 e. The average molecular weight is 259 g/mol. The number of anilines is 2. The van der Waals surface area contributed by atoms with Gasteiger partial charge in [0.15, 0.2) is 0 Å². The van der Waals surface area contributed by atoms with Gasteiger partial charge in [0.1, 0.15) is 0 Å². The van der Waals surface area contributed by atoms with Crippen LogP contribution in [0.1, 0.15) is 18.4 Å². The van der Waals surface area contributed by atoms with Gasteiger partial charge in [0, 0.05) is 51.0 Å². The number of carbonyl (C=O) groups is 1. The summed E-state index contributed by atoms with van der Waals surface area (Å²) >= 11 is 0. The van der Waals surface area contributed by atoms with Crippen molar-refractivity contribution in [2.75, 3.05) is 43.0 Å². The molecule has 2 aliphatic heterocycles. The summed E-state index contributed by atoms with van der Waals surface area (Å²) in [6, 6.07) is 6.53. The van der Waals surface area contributed by atoms with Crippen molar-refractivity contribution in [3.8, 4) is 0 Å². The van der Waals surface area contributed by atoms with E-state index in [4.69, 9.17) is 0 Å². The number of benzene rings is 1. The molecule has 0 spiro atoms. The third-order valence-electron chi connectivity index (χ3n) is 4.12. The van der Waals surface area contributed by atoms with Gasteiger partial charge < -0.3 is 15.1 Å². The van der Waals surface area contributed by atoms with E-state index in [2.05, 4.69) is 28.4 Å². The summed E-state index contributed by atoms with van der Waals surface area (Å²) in [5, 5.41) is 3.38. The Bertz CT molecular complexity index is 480. The third kappa shape index (κ3) is 2.45. The lowest BCUT2D eigenvalue weighted by molar-refractivity contribution is -0.118. The summed E-state index contributed by atoms with van der Waals surface area (Å²) in [6.45, 7) is 4.23. The number of hydrogen-bond donors (Lipinski definition) is 1. The first-order valence-corrected chi connectivity index (χ1v) is 7.11. The van der Waals surface area contributed by atoms with Crippen LogP contribution in [-0.4, -0.2) is 39.1 Å². The number of piperazine rings is 1. The number of nitrogens with one attached hydrogen (secondary N) is 1. The predicted octanol–water partition coefficient (Wildman–Crippen LogP) is 1.40. The molecule has 102 valence electrons. The van der Waals surface area contributed by atoms with E-state index in [0.717, 1.165) is 44.7 Å². The number of rotatable bonds is 1. The molecule has 2 aliphatic rings. The number of fused-ring (bicyclic) bond motifs is 1. The van der Waals surface area contributed by atoms with Crippen LogP contribution >= 0.6 is 0 Å². The van der Waals surface area contributed by atoms with Gasteiger partial charge in [-0.05, 0) is 36.6 Å². The van der Waals surface area contributed by atoms with Crippen LogP contribution in [-0.2, 0) is 11.2 Å². The van der Waals surface area contributed by atoms with E-state index < -0.39 is 0 Å². The second-order valence-electron chi connectivity index (χ2n) is 5.36. The molecule has 1 amide bonds. The molecular formula is C15H21N3O. The molecule has 1 N–H and O–H groups in total. The molecule has 2 heterocycles. The van der Waals surface area contributed by atoms with Gasteiger partial charge in [-0.1, -0.05) is 0 Å². The summed E-state index contributed by atoms with van der Waals surface area (Å²) in [6.07, 6.45) is 2.63. The standard InChI is InChI=1S/C15H21N3O/c1-17-14-6-5-13(18-9-7-16-8-10-18)11-12(14)3-2-4-15(17)19/h5-6,11,16H,2-4,7-10H2,1H3. The summed E-state index contributed by atoms with van der Waals surface area (Å²) in [5.41, 5.74) is 3.69. The fraction of sp³-hybridized carbons (Fsp3) is 0.533. The molecule has 0 bridgehead atoms. The van der Waals surface area contributed by atoms with E-state index >= 15 is 0 Å². The molecule has 3 rings (SSSR count). The minimum Gasteiger partial charge on any atom is -0.369 e. The van der Waals surface area contributed by atoms with E-state index in [1.807, 2.05) is 11.9 Å². The fourth-order valence-corrected chi connectivity index (χ4v) is 2.95. The Morgan fingerprint density at radius 3 is 2.74 bits per heavy atom. The summed E-state index contributed by atoms with van der Waals surface area (Å²) in [5.74, 6) is 0.230. The zero-order valence-electron chi connectivity index (χ0n) is 11.5. The van der Waals surface area contributed by atoms with Crippen molar-refractivity contribution in [2.45, 2.75) is 19.3 Å². The Morgan fingerprint density at radius 1 is 1.16 bits per heavy atom. The van der Waals surface area contributed by atoms with Crippen molar-refractivity contribution in [1.29, 1.82) is 0 Å². The first-order chi connectivity index (χ1) is 9.25. The largest absolute Gasteiger partial charge is 0.369 e. The molecule has 0 radical (unpaired) electrons. The number of nitrogens with zero attached hydrogens (tertiary/aromatic N) is 2. The highest BCUT2D eigenvalue weighted by Crippen LogP contribution is 2.30. The second-order valence-corrected chi connectivity index (χ2v) is 5.36. The Balaban J connectivity index is 1.90. The van der Waals surface area contributed by atoms with Gasteiger partial charge in [0.2, 0.25) is 5.91 Å². The van der Waals surface area contributed by atoms with E-state index in [9.17, 15) is 4.79 Å².